The first-order chi connectivity index (χ1) is 7.26. The summed E-state index contributed by atoms with van der Waals surface area (Å²) < 4.78 is 5.57. The first-order valence-corrected chi connectivity index (χ1v) is 5.46. The Morgan fingerprint density at radius 2 is 2.13 bits per heavy atom. The molecule has 2 rings (SSSR count). The van der Waals surface area contributed by atoms with Gasteiger partial charge in [-0.2, -0.15) is 0 Å². The van der Waals surface area contributed by atoms with Crippen molar-refractivity contribution in [2.45, 2.75) is 19.9 Å². The third-order valence-corrected chi connectivity index (χ3v) is 3.01. The monoisotopic (exact) mass is 207 g/mol. The molecule has 1 unspecified atom stereocenters. The topological polar surface area (TPSA) is 32.7 Å². The zero-order valence-electron chi connectivity index (χ0n) is 9.23. The number of benzene rings is 1. The van der Waals surface area contributed by atoms with Crippen LogP contribution < -0.4 is 4.74 Å². The summed E-state index contributed by atoms with van der Waals surface area (Å²) in [6.07, 6.45) is 0. The van der Waals surface area contributed by atoms with Crippen molar-refractivity contribution in [1.29, 1.82) is 0 Å². The molecule has 82 valence electrons. The molecule has 0 bridgehead atoms. The molecule has 1 atom stereocenters. The molecule has 1 aliphatic heterocycles. The van der Waals surface area contributed by atoms with E-state index in [1.807, 2.05) is 6.07 Å². The van der Waals surface area contributed by atoms with Gasteiger partial charge in [0.25, 0.3) is 0 Å². The molecule has 0 radical (unpaired) electrons. The summed E-state index contributed by atoms with van der Waals surface area (Å²) in [7, 11) is 0. The van der Waals surface area contributed by atoms with E-state index in [9.17, 15) is 5.11 Å². The number of hydrogen-bond donors (Lipinski definition) is 1. The quantitative estimate of drug-likeness (QED) is 0.824. The zero-order valence-corrected chi connectivity index (χ0v) is 9.23. The lowest BCUT2D eigenvalue weighted by molar-refractivity contribution is 0.178. The summed E-state index contributed by atoms with van der Waals surface area (Å²) in [6, 6.07) is 5.72. The van der Waals surface area contributed by atoms with Gasteiger partial charge >= 0.3 is 0 Å². The van der Waals surface area contributed by atoms with Gasteiger partial charge in [-0.15, -0.1) is 0 Å². The van der Waals surface area contributed by atoms with Crippen LogP contribution in [0, 0.1) is 0 Å². The van der Waals surface area contributed by atoms with Crippen molar-refractivity contribution in [3.05, 3.63) is 23.8 Å². The van der Waals surface area contributed by atoms with Gasteiger partial charge in [-0.3, -0.25) is 4.90 Å². The van der Waals surface area contributed by atoms with Crippen LogP contribution in [-0.2, 0) is 0 Å². The van der Waals surface area contributed by atoms with Crippen molar-refractivity contribution in [3.63, 3.8) is 0 Å². The average molecular weight is 207 g/mol. The predicted molar refractivity (Wildman–Crippen MR) is 59.3 cm³/mol. The van der Waals surface area contributed by atoms with Crippen LogP contribution in [0.15, 0.2) is 18.2 Å². The summed E-state index contributed by atoms with van der Waals surface area (Å²) in [5.41, 5.74) is 1.19. The van der Waals surface area contributed by atoms with Gasteiger partial charge in [-0.25, -0.2) is 0 Å². The molecule has 0 aromatic heterocycles. The van der Waals surface area contributed by atoms with Crippen LogP contribution in [0.1, 0.15) is 25.5 Å². The first kappa shape index (κ1) is 10.3. The predicted octanol–water partition coefficient (Wildman–Crippen LogP) is 2.17. The standard InChI is InChI=1S/C12H17NO2/c1-3-13(4-2)11-8-15-12-7-9(14)5-6-10(11)12/h5-7,11,14H,3-4,8H2,1-2H3. The van der Waals surface area contributed by atoms with Gasteiger partial charge < -0.3 is 9.84 Å². The van der Waals surface area contributed by atoms with Gasteiger partial charge in [0.1, 0.15) is 18.1 Å². The second-order valence-corrected chi connectivity index (χ2v) is 3.77. The van der Waals surface area contributed by atoms with E-state index in [-0.39, 0.29) is 5.75 Å². The zero-order chi connectivity index (χ0) is 10.8. The fraction of sp³-hybridized carbons (Fsp3) is 0.500. The number of phenolic OH excluding ortho intramolecular Hbond substituents is 1. The minimum Gasteiger partial charge on any atom is -0.508 e. The van der Waals surface area contributed by atoms with Crippen molar-refractivity contribution < 1.29 is 9.84 Å². The number of rotatable bonds is 3. The van der Waals surface area contributed by atoms with Gasteiger partial charge in [0.15, 0.2) is 0 Å². The Labute approximate surface area is 90.3 Å². The fourth-order valence-electron chi connectivity index (χ4n) is 2.15. The molecule has 1 N–H and O–H groups in total. The van der Waals surface area contributed by atoms with E-state index in [2.05, 4.69) is 18.7 Å². The van der Waals surface area contributed by atoms with Crippen LogP contribution in [-0.4, -0.2) is 29.7 Å². The number of fused-ring (bicyclic) bond motifs is 1. The second-order valence-electron chi connectivity index (χ2n) is 3.77. The largest absolute Gasteiger partial charge is 0.508 e. The highest BCUT2D eigenvalue weighted by Gasteiger charge is 2.27. The number of hydrogen-bond acceptors (Lipinski definition) is 3. The molecule has 1 aromatic rings. The molecule has 3 nitrogen and oxygen atoms in total. The Bertz CT molecular complexity index is 347. The van der Waals surface area contributed by atoms with Crippen LogP contribution in [0.3, 0.4) is 0 Å². The van der Waals surface area contributed by atoms with Crippen molar-refractivity contribution in [2.75, 3.05) is 19.7 Å². The van der Waals surface area contributed by atoms with Crippen LogP contribution in [0.5, 0.6) is 11.5 Å². The summed E-state index contributed by atoms with van der Waals surface area (Å²) in [4.78, 5) is 2.36. The summed E-state index contributed by atoms with van der Waals surface area (Å²) in [5.74, 6) is 1.10. The van der Waals surface area contributed by atoms with Crippen LogP contribution in [0.2, 0.25) is 0 Å². The van der Waals surface area contributed by atoms with Gasteiger partial charge in [0, 0.05) is 11.6 Å². The van der Waals surface area contributed by atoms with E-state index >= 15 is 0 Å². The third kappa shape index (κ3) is 1.79. The average Bonchev–Trinajstić information content (AvgIpc) is 2.63. The van der Waals surface area contributed by atoms with E-state index in [1.165, 1.54) is 5.56 Å². The van der Waals surface area contributed by atoms with Crippen LogP contribution in [0.25, 0.3) is 0 Å². The maximum Gasteiger partial charge on any atom is 0.127 e. The Morgan fingerprint density at radius 3 is 2.80 bits per heavy atom. The molecular formula is C12H17NO2. The molecule has 0 fully saturated rings. The molecule has 0 saturated heterocycles. The summed E-state index contributed by atoms with van der Waals surface area (Å²) in [6.45, 7) is 7.04. The molecule has 0 amide bonds. The molecular weight excluding hydrogens is 190 g/mol. The molecule has 1 aromatic carbocycles. The molecule has 1 aliphatic rings. The van der Waals surface area contributed by atoms with E-state index in [4.69, 9.17) is 4.74 Å². The van der Waals surface area contributed by atoms with Gasteiger partial charge in [0.2, 0.25) is 0 Å². The van der Waals surface area contributed by atoms with Crippen molar-refractivity contribution in [1.82, 2.24) is 4.90 Å². The van der Waals surface area contributed by atoms with E-state index in [1.54, 1.807) is 12.1 Å². The minimum atomic E-state index is 0.272. The Hall–Kier alpha value is -1.22. The van der Waals surface area contributed by atoms with Crippen molar-refractivity contribution in [3.8, 4) is 11.5 Å². The smallest absolute Gasteiger partial charge is 0.127 e. The van der Waals surface area contributed by atoms with E-state index in [0.29, 0.717) is 12.6 Å². The van der Waals surface area contributed by atoms with Gasteiger partial charge in [-0.05, 0) is 25.2 Å². The molecule has 3 heteroatoms. The first-order valence-electron chi connectivity index (χ1n) is 5.46. The van der Waals surface area contributed by atoms with Crippen molar-refractivity contribution >= 4 is 0 Å². The lowest BCUT2D eigenvalue weighted by Crippen LogP contribution is -2.29. The number of nitrogens with zero attached hydrogens (tertiary/aromatic N) is 1. The minimum absolute atomic E-state index is 0.272. The SMILES string of the molecule is CCN(CC)C1COc2cc(O)ccc21. The van der Waals surface area contributed by atoms with Gasteiger partial charge in [-0.1, -0.05) is 13.8 Å². The molecule has 0 saturated carbocycles. The normalized spacial score (nSPS) is 19.0. The number of aromatic hydroxyl groups is 1. The molecule has 0 spiro atoms. The molecule has 15 heavy (non-hydrogen) atoms. The van der Waals surface area contributed by atoms with Crippen LogP contribution >= 0.6 is 0 Å². The van der Waals surface area contributed by atoms with Gasteiger partial charge in [0.05, 0.1) is 6.04 Å². The maximum absolute atomic E-state index is 9.34. The number of likely N-dealkylation sites (N-methyl/N-ethyl adjacent to an activating group) is 1. The summed E-state index contributed by atoms with van der Waals surface area (Å²) in [5, 5.41) is 9.34. The Kier molecular flexibility index (Phi) is 2.82. The highest BCUT2D eigenvalue weighted by Crippen LogP contribution is 2.37. The highest BCUT2D eigenvalue weighted by atomic mass is 16.5. The van der Waals surface area contributed by atoms with E-state index < -0.39 is 0 Å². The third-order valence-electron chi connectivity index (χ3n) is 3.01. The summed E-state index contributed by atoms with van der Waals surface area (Å²) >= 11 is 0. The lowest BCUT2D eigenvalue weighted by atomic mass is 10.1. The lowest BCUT2D eigenvalue weighted by Gasteiger charge is -2.24. The highest BCUT2D eigenvalue weighted by molar-refractivity contribution is 5.44. The molecule has 1 heterocycles. The van der Waals surface area contributed by atoms with Crippen LogP contribution in [0.4, 0.5) is 0 Å². The fourth-order valence-corrected chi connectivity index (χ4v) is 2.15. The molecule has 0 aliphatic carbocycles. The number of phenols is 1. The van der Waals surface area contributed by atoms with E-state index in [0.717, 1.165) is 18.8 Å². The second kappa shape index (κ2) is 4.11. The maximum atomic E-state index is 9.34. The Balaban J connectivity index is 2.28. The van der Waals surface area contributed by atoms with Crippen molar-refractivity contribution in [2.24, 2.45) is 0 Å². The Morgan fingerprint density at radius 1 is 1.40 bits per heavy atom. The number of ether oxygens (including phenoxy) is 1.